The molecule has 2 heterocycles. The Labute approximate surface area is 234 Å². The number of rotatable bonds is 11. The third kappa shape index (κ3) is 6.84. The van der Waals surface area contributed by atoms with Crippen LogP contribution < -0.4 is 20.9 Å². The molecule has 1 aliphatic carbocycles. The number of aliphatic hydroxyl groups excluding tert-OH is 1. The second kappa shape index (κ2) is 12.1. The van der Waals surface area contributed by atoms with E-state index >= 15 is 4.39 Å². The Morgan fingerprint density at radius 3 is 2.67 bits per heavy atom. The number of alkyl halides is 2. The van der Waals surface area contributed by atoms with Crippen LogP contribution in [-0.2, 0) is 23.4 Å². The number of aromatic nitrogens is 2. The number of esters is 1. The molecule has 1 saturated heterocycles. The molecule has 15 heteroatoms. The van der Waals surface area contributed by atoms with Gasteiger partial charge in [-0.2, -0.15) is 5.09 Å². The number of hydrogen-bond donors (Lipinski definition) is 3. The Bertz CT molecular complexity index is 1380. The minimum atomic E-state index is -4.39. The van der Waals surface area contributed by atoms with Crippen molar-refractivity contribution in [1.29, 1.82) is 0 Å². The highest BCUT2D eigenvalue weighted by Crippen LogP contribution is 2.49. The lowest BCUT2D eigenvalue weighted by atomic mass is 9.80. The van der Waals surface area contributed by atoms with Crippen LogP contribution in [0.3, 0.4) is 0 Å². The Morgan fingerprint density at radius 1 is 1.32 bits per heavy atom. The molecule has 40 heavy (non-hydrogen) atoms. The molecule has 12 nitrogen and oxygen atoms in total. The van der Waals surface area contributed by atoms with Crippen LogP contribution in [0, 0.1) is 0 Å². The summed E-state index contributed by atoms with van der Waals surface area (Å²) in [5, 5.41) is 10.1. The number of benzene rings is 1. The zero-order valence-electron chi connectivity index (χ0n) is 22.1. The van der Waals surface area contributed by atoms with Crippen LogP contribution in [0.1, 0.15) is 57.7 Å². The molecule has 1 saturated carbocycles. The second-order valence-corrected chi connectivity index (χ2v) is 12.4. The summed E-state index contributed by atoms with van der Waals surface area (Å²) in [5.41, 5.74) is -0.751. The summed E-state index contributed by atoms with van der Waals surface area (Å²) in [6, 6.07) is 6.78. The van der Waals surface area contributed by atoms with Crippen molar-refractivity contribution < 1.29 is 37.4 Å². The van der Waals surface area contributed by atoms with Gasteiger partial charge in [-0.05, 0) is 57.2 Å². The van der Waals surface area contributed by atoms with Gasteiger partial charge in [0, 0.05) is 12.3 Å². The van der Waals surface area contributed by atoms with Crippen molar-refractivity contribution in [3.63, 3.8) is 0 Å². The summed E-state index contributed by atoms with van der Waals surface area (Å²) in [5.74, 6) is -0.162. The van der Waals surface area contributed by atoms with Crippen LogP contribution >= 0.6 is 19.3 Å². The zero-order chi connectivity index (χ0) is 29.2. The lowest BCUT2D eigenvalue weighted by molar-refractivity contribution is -0.149. The number of hydrogen-bond acceptors (Lipinski definition) is 9. The number of aliphatic hydroxyl groups is 1. The van der Waals surface area contributed by atoms with Crippen molar-refractivity contribution in [3.8, 4) is 5.75 Å². The predicted octanol–water partition coefficient (Wildman–Crippen LogP) is 3.10. The highest BCUT2D eigenvalue weighted by Gasteiger charge is 2.58. The standard InChI is InChI=1S/C25H32ClFN3O9P/c1-14(2)37-22(33)15(3)29-40(35,39-18-9-5-8-17(12-18)16-6-4-7-16)36-13-19-21(32)25(26,27)23(38-19)30-11-10-20(31)28-24(30)34/h5,8-12,14-16,19,21,23,32H,4,6-7,13H2,1-3H3,(H,29,35)(H,28,31,34)/t15-,19+,21+,23+,25+,40?/m0/s1. The molecule has 0 spiro atoms. The molecule has 0 amide bonds. The van der Waals surface area contributed by atoms with Gasteiger partial charge >= 0.3 is 19.4 Å². The fourth-order valence-electron chi connectivity index (χ4n) is 4.31. The number of nitrogens with one attached hydrogen (secondary N) is 2. The first-order valence-corrected chi connectivity index (χ1v) is 14.8. The van der Waals surface area contributed by atoms with E-state index in [0.29, 0.717) is 10.5 Å². The van der Waals surface area contributed by atoms with Gasteiger partial charge in [-0.15, -0.1) is 0 Å². The molecule has 0 bridgehead atoms. The van der Waals surface area contributed by atoms with Gasteiger partial charge in [-0.25, -0.2) is 13.8 Å². The minimum Gasteiger partial charge on any atom is -0.462 e. The van der Waals surface area contributed by atoms with Crippen LogP contribution in [0.4, 0.5) is 4.39 Å². The first kappa shape index (κ1) is 30.4. The fraction of sp³-hybridized carbons (Fsp3) is 0.560. The summed E-state index contributed by atoms with van der Waals surface area (Å²) in [7, 11) is -4.39. The van der Waals surface area contributed by atoms with E-state index in [1.807, 2.05) is 11.1 Å². The third-order valence-electron chi connectivity index (χ3n) is 6.61. The smallest absolute Gasteiger partial charge is 0.459 e. The molecule has 3 N–H and O–H groups in total. The summed E-state index contributed by atoms with van der Waals surface area (Å²) in [6.07, 6.45) is -1.74. The van der Waals surface area contributed by atoms with Gasteiger partial charge in [-0.3, -0.25) is 23.7 Å². The molecule has 2 aliphatic rings. The molecule has 6 atom stereocenters. The Morgan fingerprint density at radius 2 is 2.05 bits per heavy atom. The van der Waals surface area contributed by atoms with E-state index in [1.54, 1.807) is 32.0 Å². The van der Waals surface area contributed by atoms with Gasteiger partial charge in [0.1, 0.15) is 24.0 Å². The van der Waals surface area contributed by atoms with E-state index in [-0.39, 0.29) is 5.75 Å². The monoisotopic (exact) mass is 603 g/mol. The maximum atomic E-state index is 15.4. The minimum absolute atomic E-state index is 0.201. The number of nitrogens with zero attached hydrogens (tertiary/aromatic N) is 1. The number of carbonyl (C=O) groups is 1. The van der Waals surface area contributed by atoms with Gasteiger partial charge < -0.3 is 19.1 Å². The second-order valence-electron chi connectivity index (χ2n) is 10.1. The summed E-state index contributed by atoms with van der Waals surface area (Å²) < 4.78 is 51.8. The van der Waals surface area contributed by atoms with E-state index in [2.05, 4.69) is 5.09 Å². The van der Waals surface area contributed by atoms with Gasteiger partial charge in [0.15, 0.2) is 6.23 Å². The number of halogens is 2. The van der Waals surface area contributed by atoms with Crippen LogP contribution in [0.15, 0.2) is 46.1 Å². The average Bonchev–Trinajstić information content (AvgIpc) is 3.05. The molecule has 220 valence electrons. The van der Waals surface area contributed by atoms with Crippen LogP contribution in [0.2, 0.25) is 0 Å². The average molecular weight is 604 g/mol. The number of aromatic amines is 1. The lowest BCUT2D eigenvalue weighted by Crippen LogP contribution is -2.42. The Hall–Kier alpha value is -2.54. The van der Waals surface area contributed by atoms with Gasteiger partial charge in [0.2, 0.25) is 0 Å². The van der Waals surface area contributed by atoms with Crippen molar-refractivity contribution in [2.75, 3.05) is 6.61 Å². The molecular weight excluding hydrogens is 572 g/mol. The maximum Gasteiger partial charge on any atom is 0.459 e. The number of carbonyl (C=O) groups excluding carboxylic acids is 1. The quantitative estimate of drug-likeness (QED) is 0.198. The largest absolute Gasteiger partial charge is 0.462 e. The molecule has 1 unspecified atom stereocenters. The topological polar surface area (TPSA) is 158 Å². The molecule has 2 fully saturated rings. The Kier molecular flexibility index (Phi) is 9.23. The molecule has 4 rings (SSSR count). The van der Waals surface area contributed by atoms with Gasteiger partial charge in [0.05, 0.1) is 12.7 Å². The van der Waals surface area contributed by atoms with Crippen LogP contribution in [0.25, 0.3) is 0 Å². The van der Waals surface area contributed by atoms with Crippen molar-refractivity contribution in [3.05, 3.63) is 62.9 Å². The summed E-state index contributed by atoms with van der Waals surface area (Å²) in [6.45, 7) is 4.00. The molecule has 0 radical (unpaired) electrons. The number of ether oxygens (including phenoxy) is 2. The van der Waals surface area contributed by atoms with Crippen molar-refractivity contribution in [2.45, 2.75) is 81.7 Å². The Balaban J connectivity index is 1.54. The molecule has 2 aromatic rings. The van der Waals surface area contributed by atoms with E-state index in [0.717, 1.165) is 37.1 Å². The third-order valence-corrected chi connectivity index (χ3v) is 8.66. The molecular formula is C25H32ClFN3O9P. The molecule has 1 aromatic heterocycles. The van der Waals surface area contributed by atoms with Crippen molar-refractivity contribution in [1.82, 2.24) is 14.6 Å². The highest BCUT2D eigenvalue weighted by molar-refractivity contribution is 7.52. The maximum absolute atomic E-state index is 15.4. The van der Waals surface area contributed by atoms with Crippen molar-refractivity contribution >= 4 is 25.3 Å². The van der Waals surface area contributed by atoms with Gasteiger partial charge in [0.25, 0.3) is 10.7 Å². The normalized spacial score (nSPS) is 27.1. The highest BCUT2D eigenvalue weighted by atomic mass is 35.5. The van der Waals surface area contributed by atoms with Crippen molar-refractivity contribution in [2.24, 2.45) is 0 Å². The SMILES string of the molecule is CC(C)OC(=O)[C@H](C)NP(=O)(OC[C@H]1O[C@@H](n2ccc(=O)[nH]c2=O)[C@@](F)(Cl)[C@@H]1O)Oc1cccc(C2CCC2)c1. The zero-order valence-corrected chi connectivity index (χ0v) is 23.8. The number of H-pyrrole nitrogens is 1. The predicted molar refractivity (Wildman–Crippen MR) is 142 cm³/mol. The van der Waals surface area contributed by atoms with Crippen LogP contribution in [0.5, 0.6) is 5.75 Å². The fourth-order valence-corrected chi connectivity index (χ4v) is 6.10. The van der Waals surface area contributed by atoms with E-state index in [1.165, 1.54) is 6.92 Å². The molecule has 1 aromatic carbocycles. The summed E-state index contributed by atoms with van der Waals surface area (Å²) >= 11 is 5.92. The van der Waals surface area contributed by atoms with Gasteiger partial charge in [-0.1, -0.05) is 30.2 Å². The van der Waals surface area contributed by atoms with E-state index in [9.17, 15) is 24.1 Å². The first-order chi connectivity index (χ1) is 18.8. The van der Waals surface area contributed by atoms with E-state index < -0.39 is 67.3 Å². The van der Waals surface area contributed by atoms with Crippen LogP contribution in [-0.4, -0.2) is 56.7 Å². The lowest BCUT2D eigenvalue weighted by Gasteiger charge is -2.27. The summed E-state index contributed by atoms with van der Waals surface area (Å²) in [4.78, 5) is 37.9. The molecule has 1 aliphatic heterocycles. The first-order valence-electron chi connectivity index (χ1n) is 12.8. The van der Waals surface area contributed by atoms with E-state index in [4.69, 9.17) is 30.1 Å².